The standard InChI is InChI=1S/C35H58O16/c1-37-18-35(46-10)19-48-24(32(35)45-9)16-23-26(40-4)28(42-6)30(43-7)34(49-23)51-29-27(41-5)25(17-36)50-33(31(29)44-8)47-14-13-20-11-12-21(38-2)22(15-20)39-3/h11-12,15,23-34,36H,13-14,16-19H2,1-10H3. The zero-order valence-electron chi connectivity index (χ0n) is 31.5. The van der Waals surface area contributed by atoms with Crippen LogP contribution in [0, 0.1) is 0 Å². The minimum Gasteiger partial charge on any atom is -0.493 e. The Hall–Kier alpha value is -1.74. The highest BCUT2D eigenvalue weighted by atomic mass is 16.8. The zero-order chi connectivity index (χ0) is 37.1. The number of methoxy groups -OCH3 is 10. The van der Waals surface area contributed by atoms with Gasteiger partial charge in [0.25, 0.3) is 0 Å². The largest absolute Gasteiger partial charge is 0.493 e. The Balaban J connectivity index is 1.56. The van der Waals surface area contributed by atoms with Crippen LogP contribution in [0.2, 0.25) is 0 Å². The van der Waals surface area contributed by atoms with E-state index >= 15 is 0 Å². The van der Waals surface area contributed by atoms with Gasteiger partial charge in [0.15, 0.2) is 24.1 Å². The molecule has 0 aliphatic carbocycles. The van der Waals surface area contributed by atoms with E-state index in [4.69, 9.17) is 71.1 Å². The van der Waals surface area contributed by atoms with Crippen LogP contribution >= 0.6 is 0 Å². The van der Waals surface area contributed by atoms with Crippen molar-refractivity contribution in [2.45, 2.75) is 92.1 Å². The van der Waals surface area contributed by atoms with Crippen LogP contribution in [0.5, 0.6) is 11.5 Å². The van der Waals surface area contributed by atoms with Crippen molar-refractivity contribution in [2.75, 3.05) is 97.5 Å². The van der Waals surface area contributed by atoms with Crippen molar-refractivity contribution in [1.29, 1.82) is 0 Å². The van der Waals surface area contributed by atoms with Gasteiger partial charge in [0.05, 0.1) is 52.9 Å². The summed E-state index contributed by atoms with van der Waals surface area (Å²) < 4.78 is 89.8. The number of aliphatic hydroxyl groups is 1. The van der Waals surface area contributed by atoms with E-state index in [0.29, 0.717) is 24.3 Å². The lowest BCUT2D eigenvalue weighted by Gasteiger charge is -2.49. The highest BCUT2D eigenvalue weighted by molar-refractivity contribution is 5.42. The van der Waals surface area contributed by atoms with E-state index < -0.39 is 79.2 Å². The number of aliphatic hydroxyl groups excluding tert-OH is 1. The first-order chi connectivity index (χ1) is 24.8. The van der Waals surface area contributed by atoms with Crippen molar-refractivity contribution in [3.63, 3.8) is 0 Å². The molecule has 0 radical (unpaired) electrons. The summed E-state index contributed by atoms with van der Waals surface area (Å²) >= 11 is 0. The summed E-state index contributed by atoms with van der Waals surface area (Å²) in [6, 6.07) is 5.66. The molecular weight excluding hydrogens is 676 g/mol. The Labute approximate surface area is 300 Å². The number of benzene rings is 1. The predicted molar refractivity (Wildman–Crippen MR) is 179 cm³/mol. The predicted octanol–water partition coefficient (Wildman–Crippen LogP) is 1.00. The molecule has 3 fully saturated rings. The third-order valence-corrected chi connectivity index (χ3v) is 10.0. The second-order valence-corrected chi connectivity index (χ2v) is 12.6. The van der Waals surface area contributed by atoms with E-state index in [0.717, 1.165) is 5.56 Å². The fourth-order valence-corrected chi connectivity index (χ4v) is 7.46. The molecule has 0 spiro atoms. The smallest absolute Gasteiger partial charge is 0.187 e. The molecule has 294 valence electrons. The molecule has 13 atom stereocenters. The summed E-state index contributed by atoms with van der Waals surface area (Å²) in [5, 5.41) is 10.4. The molecule has 0 saturated carbocycles. The van der Waals surface area contributed by atoms with Crippen LogP contribution in [0.4, 0.5) is 0 Å². The number of ether oxygens (including phenoxy) is 15. The summed E-state index contributed by atoms with van der Waals surface area (Å²) in [6.07, 6.45) is -7.66. The van der Waals surface area contributed by atoms with Gasteiger partial charge in [-0.2, -0.15) is 0 Å². The van der Waals surface area contributed by atoms with Crippen molar-refractivity contribution in [1.82, 2.24) is 0 Å². The van der Waals surface area contributed by atoms with Gasteiger partial charge in [-0.25, -0.2) is 0 Å². The number of hydrogen-bond acceptors (Lipinski definition) is 16. The van der Waals surface area contributed by atoms with Crippen LogP contribution in [-0.4, -0.2) is 182 Å². The molecule has 1 aromatic carbocycles. The second kappa shape index (κ2) is 20.1. The lowest BCUT2D eigenvalue weighted by molar-refractivity contribution is -0.367. The average molecular weight is 735 g/mol. The molecule has 3 saturated heterocycles. The van der Waals surface area contributed by atoms with Gasteiger partial charge in [0.2, 0.25) is 0 Å². The van der Waals surface area contributed by atoms with Crippen molar-refractivity contribution in [3.8, 4) is 11.5 Å². The first-order valence-corrected chi connectivity index (χ1v) is 17.0. The molecule has 0 bridgehead atoms. The van der Waals surface area contributed by atoms with Crippen molar-refractivity contribution < 1.29 is 76.2 Å². The van der Waals surface area contributed by atoms with Gasteiger partial charge < -0.3 is 76.2 Å². The number of rotatable bonds is 20. The van der Waals surface area contributed by atoms with E-state index in [1.807, 2.05) is 18.2 Å². The summed E-state index contributed by atoms with van der Waals surface area (Å²) in [6.45, 7) is 0.446. The van der Waals surface area contributed by atoms with Crippen LogP contribution < -0.4 is 9.47 Å². The molecule has 3 aliphatic heterocycles. The average Bonchev–Trinajstić information content (AvgIpc) is 3.50. The monoisotopic (exact) mass is 734 g/mol. The van der Waals surface area contributed by atoms with Crippen LogP contribution in [0.15, 0.2) is 18.2 Å². The van der Waals surface area contributed by atoms with Gasteiger partial charge in [-0.15, -0.1) is 0 Å². The van der Waals surface area contributed by atoms with E-state index in [2.05, 4.69) is 0 Å². The quantitative estimate of drug-likeness (QED) is 0.202. The third kappa shape index (κ3) is 9.15. The van der Waals surface area contributed by atoms with Gasteiger partial charge in [0, 0.05) is 63.3 Å². The Morgan fingerprint density at radius 2 is 1.31 bits per heavy atom. The van der Waals surface area contributed by atoms with E-state index in [9.17, 15) is 5.11 Å². The maximum absolute atomic E-state index is 10.4. The molecule has 0 amide bonds. The van der Waals surface area contributed by atoms with Gasteiger partial charge >= 0.3 is 0 Å². The lowest BCUT2D eigenvalue weighted by atomic mass is 9.89. The van der Waals surface area contributed by atoms with Gasteiger partial charge in [-0.3, -0.25) is 0 Å². The maximum Gasteiger partial charge on any atom is 0.187 e. The summed E-state index contributed by atoms with van der Waals surface area (Å²) in [7, 11) is 15.8. The topological polar surface area (TPSA) is 159 Å². The molecule has 1 N–H and O–H groups in total. The highest BCUT2D eigenvalue weighted by Crippen LogP contribution is 2.39. The third-order valence-electron chi connectivity index (χ3n) is 10.0. The Morgan fingerprint density at radius 1 is 0.686 bits per heavy atom. The normalized spacial score (nSPS) is 37.1. The van der Waals surface area contributed by atoms with Crippen LogP contribution in [0.3, 0.4) is 0 Å². The molecule has 3 heterocycles. The van der Waals surface area contributed by atoms with Crippen molar-refractivity contribution in [2.24, 2.45) is 0 Å². The first-order valence-electron chi connectivity index (χ1n) is 17.0. The molecule has 51 heavy (non-hydrogen) atoms. The van der Waals surface area contributed by atoms with Crippen LogP contribution in [0.1, 0.15) is 12.0 Å². The van der Waals surface area contributed by atoms with Gasteiger partial charge in [-0.05, 0) is 24.1 Å². The summed E-state index contributed by atoms with van der Waals surface area (Å²) in [5.74, 6) is 1.25. The molecule has 16 nitrogen and oxygen atoms in total. The SMILES string of the molecule is COCC1(OC)COC(CC2OC(OC3C(OC)C(CO)OC(OCCc4ccc(OC)c(OC)c4)C3OC)C(OC)C(OC)C2OC)C1OC. The molecule has 4 rings (SSSR count). The van der Waals surface area contributed by atoms with Gasteiger partial charge in [0.1, 0.15) is 54.4 Å². The lowest BCUT2D eigenvalue weighted by Crippen LogP contribution is -2.66. The fraction of sp³-hybridized carbons (Fsp3) is 0.829. The zero-order valence-corrected chi connectivity index (χ0v) is 31.5. The molecular formula is C35H58O16. The maximum atomic E-state index is 10.4. The molecule has 0 aromatic heterocycles. The van der Waals surface area contributed by atoms with Gasteiger partial charge in [-0.1, -0.05) is 6.07 Å². The molecule has 1 aromatic rings. The molecule has 13 unspecified atom stereocenters. The van der Waals surface area contributed by atoms with Crippen molar-refractivity contribution >= 4 is 0 Å². The Bertz CT molecular complexity index is 1160. The summed E-state index contributed by atoms with van der Waals surface area (Å²) in [5.41, 5.74) is 0.165. The molecule has 3 aliphatic rings. The van der Waals surface area contributed by atoms with Crippen molar-refractivity contribution in [3.05, 3.63) is 23.8 Å². The van der Waals surface area contributed by atoms with E-state index in [1.54, 1.807) is 56.9 Å². The minimum absolute atomic E-state index is 0.264. The Kier molecular flexibility index (Phi) is 16.5. The minimum atomic E-state index is -1.00. The van der Waals surface area contributed by atoms with E-state index in [-0.39, 0.29) is 26.4 Å². The van der Waals surface area contributed by atoms with E-state index in [1.165, 1.54) is 14.2 Å². The molecule has 16 heteroatoms. The van der Waals surface area contributed by atoms with Crippen LogP contribution in [0.25, 0.3) is 0 Å². The fourth-order valence-electron chi connectivity index (χ4n) is 7.46. The second-order valence-electron chi connectivity index (χ2n) is 12.6. The summed E-state index contributed by atoms with van der Waals surface area (Å²) in [4.78, 5) is 0. The highest BCUT2D eigenvalue weighted by Gasteiger charge is 2.56. The van der Waals surface area contributed by atoms with Crippen LogP contribution in [-0.2, 0) is 68.0 Å². The Morgan fingerprint density at radius 3 is 1.88 bits per heavy atom. The first kappa shape index (κ1) is 42.0. The number of hydrogen-bond donors (Lipinski definition) is 1.